The van der Waals surface area contributed by atoms with Crippen molar-refractivity contribution in [1.29, 1.82) is 10.8 Å². The van der Waals surface area contributed by atoms with Gasteiger partial charge in [-0.15, -0.1) is 0 Å². The monoisotopic (exact) mass is 361 g/mol. The Bertz CT molecular complexity index is 828. The van der Waals surface area contributed by atoms with Gasteiger partial charge in [0, 0.05) is 17.8 Å². The Balaban J connectivity index is 2.16. The van der Waals surface area contributed by atoms with Crippen molar-refractivity contribution < 1.29 is 13.9 Å². The van der Waals surface area contributed by atoms with Crippen LogP contribution < -0.4 is 10.1 Å². The van der Waals surface area contributed by atoms with Gasteiger partial charge >= 0.3 is 0 Å². The van der Waals surface area contributed by atoms with Crippen molar-refractivity contribution in [3.63, 3.8) is 0 Å². The molecule has 0 unspecified atom stereocenters. The first-order valence-electron chi connectivity index (χ1n) is 7.61. The molecule has 1 heterocycles. The van der Waals surface area contributed by atoms with E-state index in [1.54, 1.807) is 26.8 Å². The van der Waals surface area contributed by atoms with Crippen LogP contribution in [0.5, 0.6) is 5.75 Å². The second-order valence-electron chi connectivity index (χ2n) is 5.66. The largest absolute Gasteiger partial charge is 0.494 e. The molecule has 25 heavy (non-hydrogen) atoms. The Kier molecular flexibility index (Phi) is 5.79. The third-order valence-corrected chi connectivity index (χ3v) is 5.06. The van der Waals surface area contributed by atoms with Crippen molar-refractivity contribution in [1.82, 2.24) is 5.32 Å². The highest BCUT2D eigenvalue weighted by Gasteiger charge is 2.29. The Labute approximate surface area is 150 Å². The van der Waals surface area contributed by atoms with E-state index in [4.69, 9.17) is 15.6 Å². The van der Waals surface area contributed by atoms with Crippen LogP contribution in [-0.4, -0.2) is 23.8 Å². The van der Waals surface area contributed by atoms with E-state index in [1.807, 2.05) is 0 Å². The van der Waals surface area contributed by atoms with Gasteiger partial charge in [-0.1, -0.05) is 17.8 Å². The summed E-state index contributed by atoms with van der Waals surface area (Å²) in [5.74, 6) is -0.640. The lowest BCUT2D eigenvalue weighted by Crippen LogP contribution is -2.23. The minimum absolute atomic E-state index is 0.153. The molecule has 132 valence electrons. The Morgan fingerprint density at radius 1 is 1.36 bits per heavy atom. The maximum atomic E-state index is 13.7. The van der Waals surface area contributed by atoms with Gasteiger partial charge in [0.05, 0.1) is 17.1 Å². The van der Waals surface area contributed by atoms with Gasteiger partial charge in [0.25, 0.3) is 5.91 Å². The van der Waals surface area contributed by atoms with Gasteiger partial charge < -0.3 is 15.5 Å². The SMILES string of the molecule is COc1ccc(CNC(=O)C2=C(C)/C(=C(\C)C(C)=N)C(=N)S2)cc1F. The minimum atomic E-state index is -0.482. The molecular weight excluding hydrogens is 341 g/mol. The van der Waals surface area contributed by atoms with Crippen LogP contribution in [0.1, 0.15) is 26.3 Å². The predicted octanol–water partition coefficient (Wildman–Crippen LogP) is 3.80. The summed E-state index contributed by atoms with van der Waals surface area (Å²) in [4.78, 5) is 12.9. The van der Waals surface area contributed by atoms with E-state index in [1.165, 1.54) is 19.2 Å². The molecule has 1 aliphatic heterocycles. The topological polar surface area (TPSA) is 86.0 Å². The molecule has 0 saturated carbocycles. The smallest absolute Gasteiger partial charge is 0.258 e. The first kappa shape index (κ1) is 18.9. The van der Waals surface area contributed by atoms with Crippen LogP contribution in [0.2, 0.25) is 0 Å². The van der Waals surface area contributed by atoms with E-state index in [-0.39, 0.29) is 23.2 Å². The van der Waals surface area contributed by atoms with E-state index in [9.17, 15) is 9.18 Å². The lowest BCUT2D eigenvalue weighted by Gasteiger charge is -2.08. The van der Waals surface area contributed by atoms with E-state index in [0.717, 1.165) is 11.8 Å². The molecule has 1 aliphatic rings. The van der Waals surface area contributed by atoms with Crippen molar-refractivity contribution in [2.75, 3.05) is 7.11 Å². The highest BCUT2D eigenvalue weighted by Crippen LogP contribution is 2.38. The summed E-state index contributed by atoms with van der Waals surface area (Å²) in [6.07, 6.45) is 0. The van der Waals surface area contributed by atoms with Crippen LogP contribution >= 0.6 is 11.8 Å². The summed E-state index contributed by atoms with van der Waals surface area (Å²) in [5, 5.41) is 18.8. The maximum Gasteiger partial charge on any atom is 0.258 e. The Morgan fingerprint density at radius 3 is 2.60 bits per heavy atom. The molecule has 7 heteroatoms. The standard InChI is InChI=1S/C18H20FN3O2S/c1-9(11(3)20)15-10(2)16(25-17(15)21)18(23)22-8-12-5-6-14(24-4)13(19)7-12/h5-7,20-21H,8H2,1-4H3,(H,22,23)/b15-9-,20-11?,21-17?. The molecule has 0 atom stereocenters. The first-order chi connectivity index (χ1) is 11.8. The molecular formula is C18H20FN3O2S. The van der Waals surface area contributed by atoms with E-state index in [2.05, 4.69) is 5.32 Å². The van der Waals surface area contributed by atoms with Gasteiger partial charge in [-0.05, 0) is 49.6 Å². The van der Waals surface area contributed by atoms with Gasteiger partial charge in [0.1, 0.15) is 0 Å². The number of hydrogen-bond donors (Lipinski definition) is 3. The predicted molar refractivity (Wildman–Crippen MR) is 98.9 cm³/mol. The molecule has 0 spiro atoms. The number of ether oxygens (including phenoxy) is 1. The fourth-order valence-electron chi connectivity index (χ4n) is 2.45. The van der Waals surface area contributed by atoms with Crippen LogP contribution in [0.15, 0.2) is 39.8 Å². The Morgan fingerprint density at radius 2 is 2.04 bits per heavy atom. The van der Waals surface area contributed by atoms with Crippen molar-refractivity contribution >= 4 is 28.4 Å². The molecule has 0 fully saturated rings. The van der Waals surface area contributed by atoms with Crippen molar-refractivity contribution in [2.45, 2.75) is 27.3 Å². The van der Waals surface area contributed by atoms with Gasteiger partial charge in [0.2, 0.25) is 0 Å². The summed E-state index contributed by atoms with van der Waals surface area (Å²) in [7, 11) is 1.39. The van der Waals surface area contributed by atoms with Crippen molar-refractivity contribution in [3.05, 3.63) is 51.2 Å². The lowest BCUT2D eigenvalue weighted by molar-refractivity contribution is -0.117. The summed E-state index contributed by atoms with van der Waals surface area (Å²) in [5.41, 5.74) is 3.01. The molecule has 3 N–H and O–H groups in total. The number of hydrogen-bond acceptors (Lipinski definition) is 5. The Hall–Kier alpha value is -2.41. The lowest BCUT2D eigenvalue weighted by atomic mass is 10.00. The van der Waals surface area contributed by atoms with E-state index < -0.39 is 5.82 Å². The number of thioether (sulfide) groups is 1. The number of nitrogens with one attached hydrogen (secondary N) is 3. The molecule has 0 bridgehead atoms. The number of benzene rings is 1. The molecule has 5 nitrogen and oxygen atoms in total. The van der Waals surface area contributed by atoms with Crippen LogP contribution in [0, 0.1) is 16.6 Å². The molecule has 0 aromatic heterocycles. The maximum absolute atomic E-state index is 13.7. The fourth-order valence-corrected chi connectivity index (χ4v) is 3.48. The third-order valence-electron chi connectivity index (χ3n) is 3.96. The molecule has 1 amide bonds. The van der Waals surface area contributed by atoms with Crippen LogP contribution in [0.4, 0.5) is 4.39 Å². The minimum Gasteiger partial charge on any atom is -0.494 e. The first-order valence-corrected chi connectivity index (χ1v) is 8.43. The molecule has 0 saturated heterocycles. The zero-order valence-corrected chi connectivity index (χ0v) is 15.4. The average Bonchev–Trinajstić information content (AvgIpc) is 2.86. The number of amides is 1. The molecule has 1 aromatic carbocycles. The number of rotatable bonds is 5. The zero-order chi connectivity index (χ0) is 18.7. The molecule has 1 aromatic rings. The fraction of sp³-hybridized carbons (Fsp3) is 0.278. The molecule has 0 aliphatic carbocycles. The zero-order valence-electron chi connectivity index (χ0n) is 14.5. The number of carbonyl (C=O) groups excluding carboxylic acids is 1. The third kappa shape index (κ3) is 3.99. The van der Waals surface area contributed by atoms with Gasteiger partial charge in [-0.25, -0.2) is 4.39 Å². The van der Waals surface area contributed by atoms with Crippen LogP contribution in [-0.2, 0) is 11.3 Å². The number of methoxy groups -OCH3 is 1. The summed E-state index contributed by atoms with van der Waals surface area (Å²) < 4.78 is 18.6. The summed E-state index contributed by atoms with van der Waals surface area (Å²) in [6, 6.07) is 4.51. The highest BCUT2D eigenvalue weighted by molar-refractivity contribution is 8.18. The van der Waals surface area contributed by atoms with Crippen LogP contribution in [0.25, 0.3) is 0 Å². The molecule has 2 rings (SSSR count). The highest BCUT2D eigenvalue weighted by atomic mass is 32.2. The number of halogens is 1. The van der Waals surface area contributed by atoms with Gasteiger partial charge in [0.15, 0.2) is 11.6 Å². The van der Waals surface area contributed by atoms with Crippen LogP contribution in [0.3, 0.4) is 0 Å². The summed E-state index contributed by atoms with van der Waals surface area (Å²) in [6.45, 7) is 5.38. The van der Waals surface area contributed by atoms with Gasteiger partial charge in [-0.2, -0.15) is 0 Å². The number of allylic oxidation sites excluding steroid dienone is 2. The average molecular weight is 361 g/mol. The summed E-state index contributed by atoms with van der Waals surface area (Å²) >= 11 is 1.08. The second kappa shape index (κ2) is 7.65. The number of carbonyl (C=O) groups is 1. The molecule has 0 radical (unpaired) electrons. The normalized spacial score (nSPS) is 16.1. The van der Waals surface area contributed by atoms with Crippen molar-refractivity contribution in [3.8, 4) is 5.75 Å². The van der Waals surface area contributed by atoms with Crippen molar-refractivity contribution in [2.24, 2.45) is 0 Å². The van der Waals surface area contributed by atoms with E-state index in [0.29, 0.717) is 32.9 Å². The second-order valence-corrected chi connectivity index (χ2v) is 6.68. The van der Waals surface area contributed by atoms with E-state index >= 15 is 0 Å². The van der Waals surface area contributed by atoms with Gasteiger partial charge in [-0.3, -0.25) is 10.2 Å². The quantitative estimate of drug-likeness (QED) is 0.697.